The Morgan fingerprint density at radius 3 is 2.54 bits per heavy atom. The van der Waals surface area contributed by atoms with Crippen molar-refractivity contribution in [3.63, 3.8) is 0 Å². The zero-order valence-corrected chi connectivity index (χ0v) is 14.3. The van der Waals surface area contributed by atoms with Crippen molar-refractivity contribution < 1.29 is 14.3 Å². The summed E-state index contributed by atoms with van der Waals surface area (Å²) in [6.45, 7) is 4.57. The van der Waals surface area contributed by atoms with Crippen molar-refractivity contribution in [2.75, 3.05) is 33.2 Å². The first-order chi connectivity index (χ1) is 11.5. The largest absolute Gasteiger partial charge is 0.441 e. The van der Waals surface area contributed by atoms with Gasteiger partial charge in [-0.1, -0.05) is 37.3 Å². The van der Waals surface area contributed by atoms with Gasteiger partial charge in [0.1, 0.15) is 5.60 Å². The molecule has 0 bridgehead atoms. The fraction of sp³-hybridized carbons (Fsp3) is 0.556. The Morgan fingerprint density at radius 2 is 1.96 bits per heavy atom. The van der Waals surface area contributed by atoms with Crippen LogP contribution in [0.15, 0.2) is 30.3 Å². The minimum absolute atomic E-state index is 0.0368. The van der Waals surface area contributed by atoms with Crippen molar-refractivity contribution in [1.82, 2.24) is 15.1 Å². The molecular weight excluding hydrogens is 306 g/mol. The van der Waals surface area contributed by atoms with Gasteiger partial charge in [-0.2, -0.15) is 0 Å². The number of likely N-dealkylation sites (tertiary alicyclic amines) is 1. The summed E-state index contributed by atoms with van der Waals surface area (Å²) in [5.74, 6) is 0.274. The lowest BCUT2D eigenvalue weighted by molar-refractivity contribution is 0.00966. The first kappa shape index (κ1) is 16.6. The summed E-state index contributed by atoms with van der Waals surface area (Å²) in [5.41, 5.74) is 0.816. The molecule has 3 rings (SSSR count). The lowest BCUT2D eigenvalue weighted by Crippen LogP contribution is -2.51. The van der Waals surface area contributed by atoms with E-state index in [1.807, 2.05) is 23.1 Å². The van der Waals surface area contributed by atoms with Crippen LogP contribution in [0, 0.1) is 0 Å². The Bertz CT molecular complexity index is 597. The third-order valence-corrected chi connectivity index (χ3v) is 5.03. The second-order valence-corrected chi connectivity index (χ2v) is 6.89. The molecular formula is C18H25N3O3. The number of nitrogens with one attached hydrogen (secondary N) is 1. The summed E-state index contributed by atoms with van der Waals surface area (Å²) >= 11 is 0. The summed E-state index contributed by atoms with van der Waals surface area (Å²) in [5, 5.41) is 3.02. The van der Waals surface area contributed by atoms with Crippen LogP contribution in [0.3, 0.4) is 0 Å². The van der Waals surface area contributed by atoms with E-state index in [4.69, 9.17) is 4.74 Å². The summed E-state index contributed by atoms with van der Waals surface area (Å²) in [6, 6.07) is 10.1. The second-order valence-electron chi connectivity index (χ2n) is 6.89. The zero-order chi connectivity index (χ0) is 17.2. The Morgan fingerprint density at radius 1 is 1.29 bits per heavy atom. The SMILES string of the molecule is C[C@H](CNC(=O)N1CCC2(CC1)CN(C)C(=O)O2)c1ccccc1. The number of hydrogen-bond acceptors (Lipinski definition) is 3. The predicted octanol–water partition coefficient (Wildman–Crippen LogP) is 2.42. The molecule has 6 heteroatoms. The fourth-order valence-electron chi connectivity index (χ4n) is 3.42. The van der Waals surface area contributed by atoms with Gasteiger partial charge in [-0.05, 0) is 11.5 Å². The molecule has 1 aromatic carbocycles. The van der Waals surface area contributed by atoms with Gasteiger partial charge in [0.15, 0.2) is 0 Å². The molecule has 6 nitrogen and oxygen atoms in total. The molecule has 2 aliphatic heterocycles. The molecule has 1 aromatic rings. The molecule has 0 radical (unpaired) electrons. The topological polar surface area (TPSA) is 61.9 Å². The number of nitrogens with zero attached hydrogens (tertiary/aromatic N) is 2. The van der Waals surface area contributed by atoms with Crippen molar-refractivity contribution in [3.8, 4) is 0 Å². The molecule has 0 aromatic heterocycles. The third-order valence-electron chi connectivity index (χ3n) is 5.03. The summed E-state index contributed by atoms with van der Waals surface area (Å²) in [7, 11) is 1.75. The maximum Gasteiger partial charge on any atom is 0.410 e. The lowest BCUT2D eigenvalue weighted by atomic mass is 9.91. The van der Waals surface area contributed by atoms with Gasteiger partial charge in [0.05, 0.1) is 6.54 Å². The molecule has 1 N–H and O–H groups in total. The first-order valence-corrected chi connectivity index (χ1v) is 8.51. The third kappa shape index (κ3) is 3.47. The van der Waals surface area contributed by atoms with E-state index < -0.39 is 5.60 Å². The average molecular weight is 331 g/mol. The second kappa shape index (κ2) is 6.71. The minimum Gasteiger partial charge on any atom is -0.441 e. The van der Waals surface area contributed by atoms with E-state index in [1.54, 1.807) is 11.9 Å². The molecule has 2 saturated heterocycles. The highest BCUT2D eigenvalue weighted by Gasteiger charge is 2.46. The summed E-state index contributed by atoms with van der Waals surface area (Å²) in [4.78, 5) is 27.4. The van der Waals surface area contributed by atoms with Crippen molar-refractivity contribution in [2.45, 2.75) is 31.3 Å². The Balaban J connectivity index is 1.47. The highest BCUT2D eigenvalue weighted by Crippen LogP contribution is 2.32. The lowest BCUT2D eigenvalue weighted by Gasteiger charge is -2.37. The molecule has 0 unspecified atom stereocenters. The molecule has 1 atom stereocenters. The first-order valence-electron chi connectivity index (χ1n) is 8.51. The maximum atomic E-state index is 12.4. The number of amides is 3. The zero-order valence-electron chi connectivity index (χ0n) is 14.3. The van der Waals surface area contributed by atoms with Gasteiger partial charge >= 0.3 is 12.1 Å². The number of rotatable bonds is 3. The Labute approximate surface area is 142 Å². The molecule has 2 aliphatic rings. The molecule has 130 valence electrons. The van der Waals surface area contributed by atoms with E-state index in [2.05, 4.69) is 24.4 Å². The molecule has 3 amide bonds. The van der Waals surface area contributed by atoms with E-state index in [1.165, 1.54) is 5.56 Å². The van der Waals surface area contributed by atoms with Gasteiger partial charge in [0.25, 0.3) is 0 Å². The standard InChI is InChI=1S/C18H25N3O3/c1-14(15-6-4-3-5-7-15)12-19-16(22)21-10-8-18(9-11-21)13-20(2)17(23)24-18/h3-7,14H,8-13H2,1-2H3,(H,19,22)/t14-/m1/s1. The molecule has 0 aliphatic carbocycles. The van der Waals surface area contributed by atoms with E-state index >= 15 is 0 Å². The monoisotopic (exact) mass is 331 g/mol. The van der Waals surface area contributed by atoms with E-state index in [9.17, 15) is 9.59 Å². The molecule has 0 saturated carbocycles. The highest BCUT2D eigenvalue weighted by atomic mass is 16.6. The Hall–Kier alpha value is -2.24. The number of carbonyl (C=O) groups is 2. The number of hydrogen-bond donors (Lipinski definition) is 1. The number of piperidine rings is 1. The van der Waals surface area contributed by atoms with Crippen LogP contribution < -0.4 is 5.32 Å². The minimum atomic E-state index is -0.403. The Kier molecular flexibility index (Phi) is 4.64. The van der Waals surface area contributed by atoms with Crippen LogP contribution in [0.2, 0.25) is 0 Å². The van der Waals surface area contributed by atoms with Gasteiger partial charge in [-0.25, -0.2) is 9.59 Å². The van der Waals surface area contributed by atoms with Gasteiger partial charge in [-0.15, -0.1) is 0 Å². The number of ether oxygens (including phenoxy) is 1. The predicted molar refractivity (Wildman–Crippen MR) is 90.9 cm³/mol. The number of likely N-dealkylation sites (N-methyl/N-ethyl adjacent to an activating group) is 1. The number of benzene rings is 1. The molecule has 2 fully saturated rings. The van der Waals surface area contributed by atoms with Crippen LogP contribution in [0.25, 0.3) is 0 Å². The number of urea groups is 1. The van der Waals surface area contributed by atoms with Gasteiger partial charge in [0.2, 0.25) is 0 Å². The van der Waals surface area contributed by atoms with E-state index in [-0.39, 0.29) is 18.0 Å². The average Bonchev–Trinajstić information content (AvgIpc) is 2.87. The fourth-order valence-corrected chi connectivity index (χ4v) is 3.42. The summed E-state index contributed by atoms with van der Waals surface area (Å²) in [6.07, 6.45) is 1.14. The van der Waals surface area contributed by atoms with Crippen LogP contribution in [-0.2, 0) is 4.74 Å². The molecule has 24 heavy (non-hydrogen) atoms. The smallest absolute Gasteiger partial charge is 0.410 e. The number of carbonyl (C=O) groups excluding carboxylic acids is 2. The quantitative estimate of drug-likeness (QED) is 0.925. The van der Waals surface area contributed by atoms with Crippen molar-refractivity contribution in [2.24, 2.45) is 0 Å². The van der Waals surface area contributed by atoms with Crippen LogP contribution in [0.5, 0.6) is 0 Å². The maximum absolute atomic E-state index is 12.4. The summed E-state index contributed by atoms with van der Waals surface area (Å²) < 4.78 is 5.51. The van der Waals surface area contributed by atoms with Crippen LogP contribution in [0.4, 0.5) is 9.59 Å². The normalized spacial score (nSPS) is 20.8. The van der Waals surface area contributed by atoms with E-state index in [0.717, 1.165) is 0 Å². The van der Waals surface area contributed by atoms with Crippen molar-refractivity contribution >= 4 is 12.1 Å². The highest BCUT2D eigenvalue weighted by molar-refractivity contribution is 5.74. The van der Waals surface area contributed by atoms with Crippen LogP contribution >= 0.6 is 0 Å². The van der Waals surface area contributed by atoms with Gasteiger partial charge in [0, 0.05) is 39.5 Å². The van der Waals surface area contributed by atoms with Gasteiger partial charge in [-0.3, -0.25) is 0 Å². The molecule has 2 heterocycles. The van der Waals surface area contributed by atoms with Crippen LogP contribution in [0.1, 0.15) is 31.2 Å². The van der Waals surface area contributed by atoms with Crippen molar-refractivity contribution in [3.05, 3.63) is 35.9 Å². The van der Waals surface area contributed by atoms with Gasteiger partial charge < -0.3 is 19.9 Å². The molecule has 1 spiro atoms. The van der Waals surface area contributed by atoms with Crippen molar-refractivity contribution in [1.29, 1.82) is 0 Å². The van der Waals surface area contributed by atoms with E-state index in [0.29, 0.717) is 39.0 Å². The van der Waals surface area contributed by atoms with Crippen LogP contribution in [-0.4, -0.2) is 60.8 Å².